The maximum absolute atomic E-state index is 11.0. The third-order valence-electron chi connectivity index (χ3n) is 3.10. The van der Waals surface area contributed by atoms with Crippen LogP contribution in [0, 0.1) is 0 Å². The summed E-state index contributed by atoms with van der Waals surface area (Å²) in [6.45, 7) is 3.52. The third-order valence-corrected chi connectivity index (χ3v) is 3.10. The Balaban J connectivity index is 1.78. The van der Waals surface area contributed by atoms with Crippen molar-refractivity contribution in [3.8, 4) is 11.6 Å². The minimum absolute atomic E-state index is 0.104. The molecule has 0 bridgehead atoms. The summed E-state index contributed by atoms with van der Waals surface area (Å²) in [7, 11) is 0. The predicted molar refractivity (Wildman–Crippen MR) is 83.2 cm³/mol. The zero-order valence-corrected chi connectivity index (χ0v) is 12.4. The van der Waals surface area contributed by atoms with Gasteiger partial charge in [-0.25, -0.2) is 9.50 Å². The van der Waals surface area contributed by atoms with Gasteiger partial charge in [-0.1, -0.05) is 6.92 Å². The van der Waals surface area contributed by atoms with E-state index >= 15 is 0 Å². The smallest absolute Gasteiger partial charge is 0.237 e. The topological polar surface area (TPSA) is 68.5 Å². The molecule has 22 heavy (non-hydrogen) atoms. The molecular formula is C16H16N4O2. The number of nitrogens with zero attached hydrogens (tertiary/aromatic N) is 3. The summed E-state index contributed by atoms with van der Waals surface area (Å²) in [6, 6.07) is 10.8. The summed E-state index contributed by atoms with van der Waals surface area (Å²) in [5.74, 6) is 1.03. The van der Waals surface area contributed by atoms with E-state index in [1.165, 1.54) is 6.92 Å². The van der Waals surface area contributed by atoms with Crippen molar-refractivity contribution >= 4 is 17.2 Å². The second-order valence-electron chi connectivity index (χ2n) is 4.87. The van der Waals surface area contributed by atoms with Crippen molar-refractivity contribution in [1.82, 2.24) is 14.6 Å². The lowest BCUT2D eigenvalue weighted by Gasteiger charge is -2.06. The van der Waals surface area contributed by atoms with E-state index in [0.29, 0.717) is 11.6 Å². The largest absolute Gasteiger partial charge is 0.438 e. The van der Waals surface area contributed by atoms with E-state index in [4.69, 9.17) is 4.74 Å². The van der Waals surface area contributed by atoms with Gasteiger partial charge in [0.2, 0.25) is 11.8 Å². The zero-order chi connectivity index (χ0) is 15.5. The Labute approximate surface area is 127 Å². The van der Waals surface area contributed by atoms with Crippen LogP contribution in [0.4, 0.5) is 5.69 Å². The maximum atomic E-state index is 11.0. The number of hydrogen-bond acceptors (Lipinski definition) is 4. The van der Waals surface area contributed by atoms with E-state index in [1.807, 2.05) is 12.3 Å². The molecule has 0 fully saturated rings. The molecule has 112 valence electrons. The number of aryl methyl sites for hydroxylation is 1. The Hall–Kier alpha value is -2.89. The zero-order valence-electron chi connectivity index (χ0n) is 12.4. The highest BCUT2D eigenvalue weighted by Crippen LogP contribution is 2.21. The van der Waals surface area contributed by atoms with Crippen molar-refractivity contribution in [2.75, 3.05) is 5.32 Å². The van der Waals surface area contributed by atoms with Crippen LogP contribution < -0.4 is 10.1 Å². The molecule has 2 heterocycles. The fraction of sp³-hybridized carbons (Fsp3) is 0.188. The molecule has 1 aromatic carbocycles. The van der Waals surface area contributed by atoms with Gasteiger partial charge in [0.15, 0.2) is 5.65 Å². The summed E-state index contributed by atoms with van der Waals surface area (Å²) in [5.41, 5.74) is 2.51. The number of anilines is 1. The molecule has 0 unspecified atom stereocenters. The molecular weight excluding hydrogens is 280 g/mol. The number of ether oxygens (including phenoxy) is 1. The molecule has 6 nitrogen and oxygen atoms in total. The number of hydrogen-bond donors (Lipinski definition) is 1. The molecule has 0 atom stereocenters. The number of nitrogens with one attached hydrogen (secondary N) is 1. The van der Waals surface area contributed by atoms with Crippen LogP contribution >= 0.6 is 0 Å². The fourth-order valence-electron chi connectivity index (χ4n) is 2.07. The minimum Gasteiger partial charge on any atom is -0.438 e. The summed E-state index contributed by atoms with van der Waals surface area (Å²) < 4.78 is 7.43. The number of benzene rings is 1. The molecule has 1 N–H and O–H groups in total. The lowest BCUT2D eigenvalue weighted by molar-refractivity contribution is -0.114. The molecule has 0 saturated heterocycles. The lowest BCUT2D eigenvalue weighted by Crippen LogP contribution is -2.05. The van der Waals surface area contributed by atoms with Gasteiger partial charge in [-0.2, -0.15) is 0 Å². The minimum atomic E-state index is -0.104. The first-order valence-corrected chi connectivity index (χ1v) is 7.05. The van der Waals surface area contributed by atoms with Crippen molar-refractivity contribution in [2.24, 2.45) is 0 Å². The first kappa shape index (κ1) is 14.1. The van der Waals surface area contributed by atoms with Crippen LogP contribution in [-0.2, 0) is 11.2 Å². The van der Waals surface area contributed by atoms with Crippen LogP contribution in [0.3, 0.4) is 0 Å². The monoisotopic (exact) mass is 296 g/mol. The van der Waals surface area contributed by atoms with Gasteiger partial charge in [-0.05, 0) is 36.8 Å². The molecule has 0 aliphatic rings. The van der Waals surface area contributed by atoms with Gasteiger partial charge in [0.25, 0.3) is 0 Å². The van der Waals surface area contributed by atoms with E-state index in [0.717, 1.165) is 23.4 Å². The Morgan fingerprint density at radius 2 is 2.00 bits per heavy atom. The second-order valence-corrected chi connectivity index (χ2v) is 4.87. The van der Waals surface area contributed by atoms with Gasteiger partial charge in [0.05, 0.1) is 11.9 Å². The predicted octanol–water partition coefficient (Wildman–Crippen LogP) is 3.04. The van der Waals surface area contributed by atoms with Crippen LogP contribution in [0.5, 0.6) is 11.6 Å². The van der Waals surface area contributed by atoms with Crippen molar-refractivity contribution in [3.63, 3.8) is 0 Å². The number of rotatable bonds is 4. The highest BCUT2D eigenvalue weighted by molar-refractivity contribution is 5.88. The average Bonchev–Trinajstić information content (AvgIpc) is 2.91. The standard InChI is InChI=1S/C16H16N4O2/c1-3-12-10-20-15(18-12)8-9-16(19-20)22-14-6-4-13(5-7-14)17-11(2)21/h4-10H,3H2,1-2H3,(H,17,21). The van der Waals surface area contributed by atoms with Crippen molar-refractivity contribution < 1.29 is 9.53 Å². The Kier molecular flexibility index (Phi) is 3.74. The van der Waals surface area contributed by atoms with Crippen LogP contribution in [0.25, 0.3) is 5.65 Å². The Bertz CT molecular complexity index is 809. The summed E-state index contributed by atoms with van der Waals surface area (Å²) in [5, 5.41) is 7.08. The van der Waals surface area contributed by atoms with E-state index < -0.39 is 0 Å². The molecule has 2 aromatic heterocycles. The Morgan fingerprint density at radius 3 is 2.68 bits per heavy atom. The van der Waals surface area contributed by atoms with Gasteiger partial charge >= 0.3 is 0 Å². The number of fused-ring (bicyclic) bond motifs is 1. The van der Waals surface area contributed by atoms with Crippen LogP contribution in [0.1, 0.15) is 19.5 Å². The third kappa shape index (κ3) is 3.06. The van der Waals surface area contributed by atoms with Crippen molar-refractivity contribution in [1.29, 1.82) is 0 Å². The molecule has 6 heteroatoms. The molecule has 3 aromatic rings. The van der Waals surface area contributed by atoms with E-state index in [1.54, 1.807) is 34.8 Å². The quantitative estimate of drug-likeness (QED) is 0.803. The van der Waals surface area contributed by atoms with Gasteiger partial charge < -0.3 is 10.1 Å². The number of aromatic nitrogens is 3. The molecule has 0 aliphatic heterocycles. The van der Waals surface area contributed by atoms with Crippen molar-refractivity contribution in [3.05, 3.63) is 48.3 Å². The van der Waals surface area contributed by atoms with E-state index in [9.17, 15) is 4.79 Å². The van der Waals surface area contributed by atoms with Crippen LogP contribution in [0.2, 0.25) is 0 Å². The van der Waals surface area contributed by atoms with E-state index in [-0.39, 0.29) is 5.91 Å². The fourth-order valence-corrected chi connectivity index (χ4v) is 2.07. The summed E-state index contributed by atoms with van der Waals surface area (Å²) in [4.78, 5) is 15.4. The van der Waals surface area contributed by atoms with Gasteiger partial charge in [-0.3, -0.25) is 4.79 Å². The normalized spacial score (nSPS) is 10.6. The molecule has 3 rings (SSSR count). The number of amides is 1. The average molecular weight is 296 g/mol. The van der Waals surface area contributed by atoms with Gasteiger partial charge in [0.1, 0.15) is 5.75 Å². The molecule has 0 saturated carbocycles. The first-order chi connectivity index (χ1) is 10.6. The summed E-state index contributed by atoms with van der Waals surface area (Å²) in [6.07, 6.45) is 2.76. The molecule has 0 spiro atoms. The van der Waals surface area contributed by atoms with Crippen LogP contribution in [-0.4, -0.2) is 20.5 Å². The van der Waals surface area contributed by atoms with E-state index in [2.05, 4.69) is 22.3 Å². The highest BCUT2D eigenvalue weighted by atomic mass is 16.5. The SMILES string of the molecule is CCc1cn2nc(Oc3ccc(NC(C)=O)cc3)ccc2n1. The first-order valence-electron chi connectivity index (χ1n) is 7.05. The highest BCUT2D eigenvalue weighted by Gasteiger charge is 2.04. The molecule has 1 amide bonds. The number of carbonyl (C=O) groups excluding carboxylic acids is 1. The molecule has 0 aliphatic carbocycles. The lowest BCUT2D eigenvalue weighted by atomic mass is 10.3. The second kappa shape index (κ2) is 5.85. The number of carbonyl (C=O) groups is 1. The van der Waals surface area contributed by atoms with Crippen molar-refractivity contribution in [2.45, 2.75) is 20.3 Å². The number of imidazole rings is 1. The van der Waals surface area contributed by atoms with Gasteiger partial charge in [0, 0.05) is 18.7 Å². The molecule has 0 radical (unpaired) electrons. The van der Waals surface area contributed by atoms with Gasteiger partial charge in [-0.15, -0.1) is 5.10 Å². The summed E-state index contributed by atoms with van der Waals surface area (Å²) >= 11 is 0. The maximum Gasteiger partial charge on any atom is 0.237 e. The Morgan fingerprint density at radius 1 is 1.23 bits per heavy atom. The van der Waals surface area contributed by atoms with Crippen LogP contribution in [0.15, 0.2) is 42.6 Å².